The number of aromatic nitrogens is 1. The minimum Gasteiger partial charge on any atom is -0.508 e. The third kappa shape index (κ3) is 8.24. The van der Waals surface area contributed by atoms with Gasteiger partial charge >= 0.3 is 11.9 Å². The number of carbonyl (C=O) groups is 2. The van der Waals surface area contributed by atoms with Crippen molar-refractivity contribution in [3.8, 4) is 22.6 Å². The summed E-state index contributed by atoms with van der Waals surface area (Å²) in [5.41, 5.74) is 4.11. The average Bonchev–Trinajstić information content (AvgIpc) is 2.83. The maximum atomic E-state index is 13.1. The Balaban J connectivity index is 0.000000371. The average molecular weight is 480 g/mol. The van der Waals surface area contributed by atoms with Gasteiger partial charge in [-0.15, -0.1) is 0 Å². The molecule has 0 amide bonds. The van der Waals surface area contributed by atoms with Crippen LogP contribution < -0.4 is 10.1 Å². The molecule has 8 nitrogen and oxygen atoms in total. The molecule has 35 heavy (non-hydrogen) atoms. The first-order valence-corrected chi connectivity index (χ1v) is 10.8. The number of aromatic hydroxyl groups is 1. The van der Waals surface area contributed by atoms with E-state index < -0.39 is 11.9 Å². The summed E-state index contributed by atoms with van der Waals surface area (Å²) in [5.74, 6) is -1.76. The Bertz CT molecular complexity index is 1180. The van der Waals surface area contributed by atoms with Gasteiger partial charge in [-0.3, -0.25) is 4.98 Å². The van der Waals surface area contributed by atoms with Crippen molar-refractivity contribution in [2.45, 2.75) is 25.5 Å². The Morgan fingerprint density at radius 2 is 1.74 bits per heavy atom. The van der Waals surface area contributed by atoms with Crippen LogP contribution in [0, 0.1) is 5.82 Å². The summed E-state index contributed by atoms with van der Waals surface area (Å²) >= 11 is 0. The summed E-state index contributed by atoms with van der Waals surface area (Å²) in [6.07, 6.45) is 6.69. The summed E-state index contributed by atoms with van der Waals surface area (Å²) < 4.78 is 19.1. The number of carboxylic acid groups (broad SMARTS) is 2. The molecule has 1 unspecified atom stereocenters. The fraction of sp³-hybridized carbons (Fsp3) is 0.192. The number of nitrogens with one attached hydrogen (secondary N) is 1. The number of aryl methyl sites for hydroxylation is 1. The van der Waals surface area contributed by atoms with E-state index in [4.69, 9.17) is 14.9 Å². The Labute approximate surface area is 201 Å². The number of pyridine rings is 1. The number of nitrogens with zero attached hydrogens (tertiary/aromatic N) is 1. The minimum absolute atomic E-state index is 0.0764. The monoisotopic (exact) mass is 480 g/mol. The van der Waals surface area contributed by atoms with Gasteiger partial charge in [-0.1, -0.05) is 18.2 Å². The van der Waals surface area contributed by atoms with Crippen molar-refractivity contribution in [2.75, 3.05) is 6.54 Å². The number of halogens is 1. The van der Waals surface area contributed by atoms with Crippen molar-refractivity contribution in [3.63, 3.8) is 0 Å². The summed E-state index contributed by atoms with van der Waals surface area (Å²) in [5, 5.41) is 28.7. The topological polar surface area (TPSA) is 129 Å². The molecule has 4 rings (SSSR count). The van der Waals surface area contributed by atoms with Gasteiger partial charge in [-0.05, 0) is 53.8 Å². The molecule has 0 aliphatic carbocycles. The highest BCUT2D eigenvalue weighted by Gasteiger charge is 2.19. The zero-order valence-electron chi connectivity index (χ0n) is 18.7. The number of aliphatic carboxylic acids is 2. The van der Waals surface area contributed by atoms with E-state index in [1.165, 1.54) is 12.1 Å². The number of hydrogen-bond donors (Lipinski definition) is 4. The molecule has 0 saturated heterocycles. The maximum Gasteiger partial charge on any atom is 0.328 e. The van der Waals surface area contributed by atoms with Crippen molar-refractivity contribution in [3.05, 3.63) is 90.0 Å². The first-order chi connectivity index (χ1) is 16.8. The summed E-state index contributed by atoms with van der Waals surface area (Å²) in [6.45, 7) is 1.39. The smallest absolute Gasteiger partial charge is 0.328 e. The summed E-state index contributed by atoms with van der Waals surface area (Å²) in [7, 11) is 0. The zero-order valence-corrected chi connectivity index (χ0v) is 18.7. The lowest BCUT2D eigenvalue weighted by Crippen LogP contribution is -2.33. The highest BCUT2D eigenvalue weighted by atomic mass is 19.1. The normalized spacial score (nSPS) is 14.4. The number of phenolic OH excluding ortho intramolecular Hbond substituents is 1. The van der Waals surface area contributed by atoms with E-state index in [9.17, 15) is 19.1 Å². The molecule has 0 saturated carbocycles. The van der Waals surface area contributed by atoms with Gasteiger partial charge in [-0.25, -0.2) is 14.0 Å². The molecule has 1 aromatic heterocycles. The van der Waals surface area contributed by atoms with Gasteiger partial charge in [0, 0.05) is 49.3 Å². The van der Waals surface area contributed by atoms with E-state index >= 15 is 0 Å². The fourth-order valence-corrected chi connectivity index (χ4v) is 3.46. The number of phenols is 1. The predicted molar refractivity (Wildman–Crippen MR) is 127 cm³/mol. The van der Waals surface area contributed by atoms with E-state index in [0.717, 1.165) is 47.4 Å². The number of ether oxygens (including phenoxy) is 1. The van der Waals surface area contributed by atoms with Crippen molar-refractivity contribution in [2.24, 2.45) is 0 Å². The molecule has 0 spiro atoms. The molecular weight excluding hydrogens is 455 g/mol. The van der Waals surface area contributed by atoms with Gasteiger partial charge in [0.05, 0.1) is 0 Å². The van der Waals surface area contributed by atoms with Gasteiger partial charge in [0.1, 0.15) is 23.4 Å². The van der Waals surface area contributed by atoms with Gasteiger partial charge < -0.3 is 25.4 Å². The summed E-state index contributed by atoms with van der Waals surface area (Å²) in [6, 6.07) is 13.8. The van der Waals surface area contributed by atoms with Gasteiger partial charge in [-0.2, -0.15) is 0 Å². The van der Waals surface area contributed by atoms with Gasteiger partial charge in [0.15, 0.2) is 0 Å². The molecule has 0 bridgehead atoms. The lowest BCUT2D eigenvalue weighted by molar-refractivity contribution is -0.134. The molecule has 2 aromatic carbocycles. The lowest BCUT2D eigenvalue weighted by atomic mass is 10.0. The van der Waals surface area contributed by atoms with Crippen molar-refractivity contribution >= 4 is 11.9 Å². The number of carboxylic acids is 2. The van der Waals surface area contributed by atoms with Crippen molar-refractivity contribution < 1.29 is 34.0 Å². The molecule has 1 aliphatic heterocycles. The number of benzene rings is 2. The Morgan fingerprint density at radius 3 is 2.43 bits per heavy atom. The van der Waals surface area contributed by atoms with Gasteiger partial charge in [0.2, 0.25) is 0 Å². The molecule has 182 valence electrons. The quantitative estimate of drug-likeness (QED) is 0.376. The Kier molecular flexibility index (Phi) is 8.91. The van der Waals surface area contributed by atoms with E-state index in [1.54, 1.807) is 30.5 Å². The Hall–Kier alpha value is -4.24. The SMILES string of the molecule is O=C(O)/C=C\C(=O)O.Oc1ccc2c(c1)OC(CNCc1cncc(-c3ccc(F)cc3)c1)CC2. The lowest BCUT2D eigenvalue weighted by Gasteiger charge is -2.26. The van der Waals surface area contributed by atoms with Crippen molar-refractivity contribution in [1.29, 1.82) is 0 Å². The Morgan fingerprint density at radius 1 is 1.03 bits per heavy atom. The second-order valence-electron chi connectivity index (χ2n) is 7.80. The van der Waals surface area contributed by atoms with Gasteiger partial charge in [0.25, 0.3) is 0 Å². The number of rotatable bonds is 7. The first kappa shape index (κ1) is 25.4. The molecule has 2 heterocycles. The number of hydrogen-bond acceptors (Lipinski definition) is 6. The van der Waals surface area contributed by atoms with Crippen molar-refractivity contribution in [1.82, 2.24) is 10.3 Å². The third-order valence-electron chi connectivity index (χ3n) is 5.12. The van der Waals surface area contributed by atoms with E-state index in [1.807, 2.05) is 12.3 Å². The van der Waals surface area contributed by atoms with Crippen LogP contribution in [0.1, 0.15) is 17.5 Å². The molecular formula is C26H25FN2O6. The van der Waals surface area contributed by atoms with Crippen LogP contribution in [0.3, 0.4) is 0 Å². The second kappa shape index (κ2) is 12.3. The highest BCUT2D eigenvalue weighted by Crippen LogP contribution is 2.30. The molecule has 9 heteroatoms. The van der Waals surface area contributed by atoms with Crippen LogP contribution in [0.15, 0.2) is 73.1 Å². The van der Waals surface area contributed by atoms with E-state index in [-0.39, 0.29) is 17.7 Å². The highest BCUT2D eigenvalue weighted by molar-refractivity contribution is 5.89. The maximum absolute atomic E-state index is 13.1. The van der Waals surface area contributed by atoms with Crippen LogP contribution in [-0.4, -0.2) is 44.9 Å². The molecule has 1 aliphatic rings. The van der Waals surface area contributed by atoms with Crippen LogP contribution in [0.25, 0.3) is 11.1 Å². The van der Waals surface area contributed by atoms with Crippen LogP contribution in [0.2, 0.25) is 0 Å². The molecule has 0 fully saturated rings. The van der Waals surface area contributed by atoms with E-state index in [2.05, 4.69) is 16.4 Å². The fourth-order valence-electron chi connectivity index (χ4n) is 3.46. The van der Waals surface area contributed by atoms with Crippen LogP contribution in [-0.2, 0) is 22.6 Å². The molecule has 3 aromatic rings. The minimum atomic E-state index is -1.26. The largest absolute Gasteiger partial charge is 0.508 e. The van der Waals surface area contributed by atoms with E-state index in [0.29, 0.717) is 18.7 Å². The molecule has 0 radical (unpaired) electrons. The van der Waals surface area contributed by atoms with Crippen LogP contribution in [0.5, 0.6) is 11.5 Å². The molecule has 1 atom stereocenters. The standard InChI is InChI=1S/C22H21FN2O2.C4H4O4/c23-19-5-1-16(2-6-19)18-9-15(11-24-13-18)12-25-14-21-8-4-17-3-7-20(26)10-22(17)27-21;5-3(6)1-2-4(7)8/h1-3,5-7,9-11,13,21,25-26H,4,8,12,14H2;1-2H,(H,5,6)(H,7,8)/b;2-1-. The predicted octanol–water partition coefficient (Wildman–Crippen LogP) is 3.79. The van der Waals surface area contributed by atoms with Crippen LogP contribution >= 0.6 is 0 Å². The summed E-state index contributed by atoms with van der Waals surface area (Å²) in [4.78, 5) is 23.4. The second-order valence-corrected chi connectivity index (χ2v) is 7.80. The first-order valence-electron chi connectivity index (χ1n) is 10.8. The molecule has 4 N–H and O–H groups in total. The third-order valence-corrected chi connectivity index (χ3v) is 5.12. The van der Waals surface area contributed by atoms with Crippen LogP contribution in [0.4, 0.5) is 4.39 Å². The zero-order chi connectivity index (χ0) is 25.2. The number of fused-ring (bicyclic) bond motifs is 1.